The van der Waals surface area contributed by atoms with E-state index in [1.165, 1.54) is 23.8 Å². The van der Waals surface area contributed by atoms with Gasteiger partial charge in [-0.2, -0.15) is 13.2 Å². The summed E-state index contributed by atoms with van der Waals surface area (Å²) in [5.74, 6) is 6.18. The third-order valence-corrected chi connectivity index (χ3v) is 9.42. The van der Waals surface area contributed by atoms with Gasteiger partial charge in [0, 0.05) is 56.2 Å². The van der Waals surface area contributed by atoms with Crippen LogP contribution < -0.4 is 15.0 Å². The Morgan fingerprint density at radius 1 is 1.05 bits per heavy atom. The second kappa shape index (κ2) is 14.1. The summed E-state index contributed by atoms with van der Waals surface area (Å²) in [5.41, 5.74) is 2.16. The molecular weight excluding hydrogens is 593 g/mol. The first-order valence-corrected chi connectivity index (χ1v) is 16.4. The lowest BCUT2D eigenvalue weighted by atomic mass is 9.89. The van der Waals surface area contributed by atoms with Crippen molar-refractivity contribution in [2.75, 3.05) is 64.5 Å². The summed E-state index contributed by atoms with van der Waals surface area (Å²) in [6.45, 7) is 0.537. The first kappa shape index (κ1) is 33.5. The molecule has 12 heteroatoms. The molecule has 1 fully saturated rings. The summed E-state index contributed by atoms with van der Waals surface area (Å²) in [6, 6.07) is 12.4. The Morgan fingerprint density at radius 2 is 1.75 bits per heavy atom. The highest BCUT2D eigenvalue weighted by molar-refractivity contribution is 7.90. The predicted molar refractivity (Wildman–Crippen MR) is 168 cm³/mol. The first-order chi connectivity index (χ1) is 20.8. The van der Waals surface area contributed by atoms with E-state index in [1.54, 1.807) is 31.4 Å². The van der Waals surface area contributed by atoms with Gasteiger partial charge >= 0.3 is 6.18 Å². The van der Waals surface area contributed by atoms with Gasteiger partial charge in [-0.25, -0.2) is 8.42 Å². The summed E-state index contributed by atoms with van der Waals surface area (Å²) >= 11 is 0. The molecule has 44 heavy (non-hydrogen) atoms. The number of hydrogen-bond acceptors (Lipinski definition) is 7. The van der Waals surface area contributed by atoms with Crippen molar-refractivity contribution in [2.45, 2.75) is 55.4 Å². The summed E-state index contributed by atoms with van der Waals surface area (Å²) < 4.78 is 76.6. The minimum atomic E-state index is -4.43. The van der Waals surface area contributed by atoms with Gasteiger partial charge in [0.05, 0.1) is 42.1 Å². The lowest BCUT2D eigenvalue weighted by Crippen LogP contribution is -2.42. The summed E-state index contributed by atoms with van der Waals surface area (Å²) in [6.07, 6.45) is 0.761. The van der Waals surface area contributed by atoms with E-state index in [9.17, 15) is 21.6 Å². The third kappa shape index (κ3) is 8.20. The molecular formula is C32H41F3N4O4S. The molecule has 4 rings (SSSR count). The zero-order chi connectivity index (χ0) is 32.1. The number of methoxy groups -OCH3 is 2. The van der Waals surface area contributed by atoms with Crippen molar-refractivity contribution in [2.24, 2.45) is 0 Å². The van der Waals surface area contributed by atoms with Crippen LogP contribution in [-0.4, -0.2) is 90.4 Å². The molecule has 1 N–H and O–H groups in total. The Kier molecular flexibility index (Phi) is 10.8. The molecule has 0 unspecified atom stereocenters. The van der Waals surface area contributed by atoms with Crippen LogP contribution in [0.3, 0.4) is 0 Å². The highest BCUT2D eigenvalue weighted by Crippen LogP contribution is 2.35. The molecule has 0 bridgehead atoms. The minimum absolute atomic E-state index is 0.108. The van der Waals surface area contributed by atoms with E-state index in [4.69, 9.17) is 9.47 Å². The normalized spacial score (nSPS) is 17.4. The van der Waals surface area contributed by atoms with Crippen molar-refractivity contribution >= 4 is 32.1 Å². The fraction of sp³-hybridized carbons (Fsp3) is 0.500. The average Bonchev–Trinajstić information content (AvgIpc) is 3.32. The molecule has 1 saturated carbocycles. The highest BCUT2D eigenvalue weighted by atomic mass is 32.2. The van der Waals surface area contributed by atoms with Gasteiger partial charge in [-0.3, -0.25) is 0 Å². The van der Waals surface area contributed by atoms with Crippen molar-refractivity contribution in [1.29, 1.82) is 0 Å². The number of nitrogens with zero attached hydrogens (tertiary/aromatic N) is 3. The Hall–Kier alpha value is -3.40. The smallest absolute Gasteiger partial charge is 0.406 e. The molecule has 0 radical (unpaired) electrons. The summed E-state index contributed by atoms with van der Waals surface area (Å²) in [7, 11) is 3.87. The number of benzene rings is 2. The number of likely N-dealkylation sites (N-methyl/N-ethyl adjacent to an activating group) is 1. The van der Waals surface area contributed by atoms with Crippen LogP contribution in [0.4, 0.5) is 24.5 Å². The minimum Gasteiger partial charge on any atom is -0.495 e. The standard InChI is InChI=1S/C32H41F3N4O4S/c1-37(18-19-42-3)23-11-13-24(14-12-23)38(2)29-9-6-10-30-27(29)20-25(39(30)22-32(33,34)35)8-7-17-36-28-16-15-26(44(5,40)41)21-31(28)43-4/h6,9-10,15-16,20-21,23-24,36H,11-14,17-19,22H2,1-5H3. The second-order valence-corrected chi connectivity index (χ2v) is 13.3. The van der Waals surface area contributed by atoms with Crippen molar-refractivity contribution in [3.8, 4) is 17.6 Å². The lowest BCUT2D eigenvalue weighted by Gasteiger charge is -2.39. The largest absolute Gasteiger partial charge is 0.495 e. The fourth-order valence-electron chi connectivity index (χ4n) is 5.85. The Balaban J connectivity index is 1.56. The maximum Gasteiger partial charge on any atom is 0.406 e. The predicted octanol–water partition coefficient (Wildman–Crippen LogP) is 5.40. The molecule has 240 valence electrons. The maximum absolute atomic E-state index is 13.7. The highest BCUT2D eigenvalue weighted by Gasteiger charge is 2.31. The maximum atomic E-state index is 13.7. The molecule has 1 aliphatic carbocycles. The lowest BCUT2D eigenvalue weighted by molar-refractivity contribution is -0.140. The molecule has 0 atom stereocenters. The van der Waals surface area contributed by atoms with Crippen LogP contribution in [0.15, 0.2) is 47.4 Å². The Morgan fingerprint density at radius 3 is 2.39 bits per heavy atom. The van der Waals surface area contributed by atoms with E-state index in [1.807, 2.05) is 13.1 Å². The van der Waals surface area contributed by atoms with E-state index < -0.39 is 22.6 Å². The number of nitrogens with one attached hydrogen (secondary N) is 1. The van der Waals surface area contributed by atoms with E-state index in [2.05, 4.69) is 34.0 Å². The zero-order valence-electron chi connectivity index (χ0n) is 25.9. The van der Waals surface area contributed by atoms with Crippen LogP contribution in [0.1, 0.15) is 31.4 Å². The van der Waals surface area contributed by atoms with E-state index in [0.717, 1.165) is 49.6 Å². The van der Waals surface area contributed by atoms with Gasteiger partial charge < -0.3 is 29.2 Å². The molecule has 1 heterocycles. The molecule has 8 nitrogen and oxygen atoms in total. The van der Waals surface area contributed by atoms with Crippen molar-refractivity contribution in [3.63, 3.8) is 0 Å². The number of hydrogen-bond donors (Lipinski definition) is 1. The summed E-state index contributed by atoms with van der Waals surface area (Å²) in [5, 5.41) is 3.80. The van der Waals surface area contributed by atoms with Gasteiger partial charge in [0.1, 0.15) is 12.3 Å². The van der Waals surface area contributed by atoms with Crippen LogP contribution in [0, 0.1) is 11.8 Å². The zero-order valence-corrected chi connectivity index (χ0v) is 26.7. The average molecular weight is 635 g/mol. The SMILES string of the molecule is COCCN(C)C1CCC(N(C)c2cccc3c2cc(C#CCNc2ccc(S(C)(=O)=O)cc2OC)n3CC(F)(F)F)CC1. The second-order valence-electron chi connectivity index (χ2n) is 11.3. The number of alkyl halides is 3. The number of ether oxygens (including phenoxy) is 2. The van der Waals surface area contributed by atoms with Crippen molar-refractivity contribution in [1.82, 2.24) is 9.47 Å². The Labute approximate surface area is 258 Å². The molecule has 1 aliphatic rings. The molecule has 3 aromatic rings. The molecule has 1 aromatic heterocycles. The molecule has 0 spiro atoms. The molecule has 0 aliphatic heterocycles. The quantitative estimate of drug-likeness (QED) is 0.283. The Bertz CT molecular complexity index is 1600. The summed E-state index contributed by atoms with van der Waals surface area (Å²) in [4.78, 5) is 4.67. The van der Waals surface area contributed by atoms with Gasteiger partial charge in [0.2, 0.25) is 0 Å². The van der Waals surface area contributed by atoms with E-state index >= 15 is 0 Å². The number of sulfone groups is 1. The number of anilines is 2. The van der Waals surface area contributed by atoms with Gasteiger partial charge in [-0.15, -0.1) is 0 Å². The van der Waals surface area contributed by atoms with Crippen LogP contribution in [0.2, 0.25) is 0 Å². The van der Waals surface area contributed by atoms with Crippen molar-refractivity contribution in [3.05, 3.63) is 48.2 Å². The fourth-order valence-corrected chi connectivity index (χ4v) is 6.49. The monoisotopic (exact) mass is 634 g/mol. The number of rotatable bonds is 11. The molecule has 2 aromatic carbocycles. The number of fused-ring (bicyclic) bond motifs is 1. The van der Waals surface area contributed by atoms with Gasteiger partial charge in [0.25, 0.3) is 0 Å². The van der Waals surface area contributed by atoms with Crippen molar-refractivity contribution < 1.29 is 31.1 Å². The first-order valence-electron chi connectivity index (χ1n) is 14.5. The number of aromatic nitrogens is 1. The van der Waals surface area contributed by atoms with E-state index in [-0.39, 0.29) is 23.2 Å². The van der Waals surface area contributed by atoms with Gasteiger partial charge in [0.15, 0.2) is 9.84 Å². The van der Waals surface area contributed by atoms with Gasteiger partial charge in [-0.05, 0) is 69.0 Å². The molecule has 0 amide bonds. The topological polar surface area (TPSA) is 76.0 Å². The van der Waals surface area contributed by atoms with Crippen LogP contribution in [0.5, 0.6) is 5.75 Å². The third-order valence-electron chi connectivity index (χ3n) is 8.31. The molecule has 0 saturated heterocycles. The van der Waals surface area contributed by atoms with Crippen LogP contribution >= 0.6 is 0 Å². The van der Waals surface area contributed by atoms with Crippen LogP contribution in [0.25, 0.3) is 10.9 Å². The van der Waals surface area contributed by atoms with Gasteiger partial charge in [-0.1, -0.05) is 12.0 Å². The van der Waals surface area contributed by atoms with Crippen LogP contribution in [-0.2, 0) is 21.1 Å². The number of halogens is 3. The van der Waals surface area contributed by atoms with E-state index in [0.29, 0.717) is 29.6 Å².